The molecule has 0 bridgehead atoms. The van der Waals surface area contributed by atoms with Crippen molar-refractivity contribution in [2.75, 3.05) is 6.54 Å². The van der Waals surface area contributed by atoms with Crippen molar-refractivity contribution < 1.29 is 9.18 Å². The lowest BCUT2D eigenvalue weighted by atomic mass is 10.2. The van der Waals surface area contributed by atoms with Crippen LogP contribution in [0.5, 0.6) is 0 Å². The smallest absolute Gasteiger partial charge is 0.223 e. The molecule has 2 rings (SSSR count). The summed E-state index contributed by atoms with van der Waals surface area (Å²) in [7, 11) is 0. The fourth-order valence-corrected chi connectivity index (χ4v) is 3.39. The third-order valence-corrected chi connectivity index (χ3v) is 4.75. The Morgan fingerprint density at radius 1 is 1.30 bits per heavy atom. The number of carbonyl (C=O) groups is 1. The highest BCUT2D eigenvalue weighted by Crippen LogP contribution is 2.29. The van der Waals surface area contributed by atoms with Crippen LogP contribution in [0.3, 0.4) is 0 Å². The monoisotopic (exact) mass is 334 g/mol. The maximum absolute atomic E-state index is 13.3. The number of carbonyl (C=O) groups excluding carboxylic acids is 1. The molecule has 1 heterocycles. The lowest BCUT2D eigenvalue weighted by molar-refractivity contribution is -0.133. The summed E-state index contributed by atoms with van der Waals surface area (Å²) in [6.45, 7) is 5.14. The Hall–Kier alpha value is -1.72. The molecule has 0 aliphatic rings. The van der Waals surface area contributed by atoms with Gasteiger partial charge in [-0.05, 0) is 56.6 Å². The van der Waals surface area contributed by atoms with E-state index in [-0.39, 0.29) is 17.8 Å². The number of hydrogen-bond acceptors (Lipinski definition) is 3. The average molecular weight is 334 g/mol. The second kappa shape index (κ2) is 8.22. The van der Waals surface area contributed by atoms with Crippen LogP contribution in [-0.4, -0.2) is 23.4 Å². The summed E-state index contributed by atoms with van der Waals surface area (Å²) in [5.41, 5.74) is 6.35. The first-order chi connectivity index (χ1) is 11.0. The van der Waals surface area contributed by atoms with Crippen molar-refractivity contribution in [3.05, 3.63) is 47.1 Å². The first-order valence-corrected chi connectivity index (χ1v) is 8.67. The van der Waals surface area contributed by atoms with E-state index < -0.39 is 0 Å². The molecule has 0 fully saturated rings. The molecule has 2 aromatic rings. The number of hydrogen-bond donors (Lipinski definition) is 1. The Morgan fingerprint density at radius 3 is 2.74 bits per heavy atom. The number of halogens is 1. The molecule has 2 N–H and O–H groups in total. The van der Waals surface area contributed by atoms with E-state index in [1.807, 2.05) is 36.9 Å². The largest absolute Gasteiger partial charge is 0.335 e. The molecule has 1 amide bonds. The minimum absolute atomic E-state index is 0.131. The fourth-order valence-electron chi connectivity index (χ4n) is 2.38. The Kier molecular flexibility index (Phi) is 6.30. The molecule has 0 aliphatic heterocycles. The maximum atomic E-state index is 13.3. The summed E-state index contributed by atoms with van der Waals surface area (Å²) in [5.74, 6) is -0.107. The van der Waals surface area contributed by atoms with E-state index >= 15 is 0 Å². The van der Waals surface area contributed by atoms with Crippen LogP contribution < -0.4 is 5.73 Å². The Morgan fingerprint density at radius 2 is 2.09 bits per heavy atom. The second-order valence-corrected chi connectivity index (χ2v) is 6.95. The van der Waals surface area contributed by atoms with E-state index in [4.69, 9.17) is 5.73 Å². The quantitative estimate of drug-likeness (QED) is 0.831. The summed E-state index contributed by atoms with van der Waals surface area (Å²) < 4.78 is 13.3. The fraction of sp³-hybridized carbons (Fsp3) is 0.389. The van der Waals surface area contributed by atoms with Gasteiger partial charge in [-0.25, -0.2) is 4.39 Å². The molecule has 5 heteroatoms. The SMILES string of the molecule is CC(C)N(Cc1ccc(-c2cccc(F)c2)s1)C(=O)CCCN. The molecule has 0 saturated carbocycles. The van der Waals surface area contributed by atoms with Crippen molar-refractivity contribution >= 4 is 17.2 Å². The minimum Gasteiger partial charge on any atom is -0.335 e. The number of thiophene rings is 1. The zero-order valence-corrected chi connectivity index (χ0v) is 14.4. The molecule has 0 aliphatic carbocycles. The van der Waals surface area contributed by atoms with Gasteiger partial charge in [0.1, 0.15) is 5.82 Å². The van der Waals surface area contributed by atoms with Gasteiger partial charge in [0, 0.05) is 22.2 Å². The number of nitrogens with two attached hydrogens (primary N) is 1. The van der Waals surface area contributed by atoms with Crippen molar-refractivity contribution in [3.63, 3.8) is 0 Å². The van der Waals surface area contributed by atoms with E-state index in [1.165, 1.54) is 12.1 Å². The standard InChI is InChI=1S/C18H23FN2OS/c1-13(2)21(18(22)7-4-10-20)12-16-8-9-17(23-16)14-5-3-6-15(19)11-14/h3,5-6,8-9,11,13H,4,7,10,12,20H2,1-2H3. The Labute approximate surface area is 140 Å². The van der Waals surface area contributed by atoms with Gasteiger partial charge in [0.2, 0.25) is 5.91 Å². The summed E-state index contributed by atoms with van der Waals surface area (Å²) >= 11 is 1.60. The normalized spacial score (nSPS) is 11.0. The molecule has 0 radical (unpaired) electrons. The molecule has 0 atom stereocenters. The molecule has 0 saturated heterocycles. The van der Waals surface area contributed by atoms with Crippen LogP contribution in [0.15, 0.2) is 36.4 Å². The number of rotatable bonds is 7. The van der Waals surface area contributed by atoms with Crippen LogP contribution in [-0.2, 0) is 11.3 Å². The van der Waals surface area contributed by atoms with E-state index in [2.05, 4.69) is 0 Å². The third kappa shape index (κ3) is 4.88. The predicted molar refractivity (Wildman–Crippen MR) is 93.7 cm³/mol. The highest BCUT2D eigenvalue weighted by Gasteiger charge is 2.17. The van der Waals surface area contributed by atoms with Gasteiger partial charge in [-0.15, -0.1) is 11.3 Å². The minimum atomic E-state index is -0.238. The van der Waals surface area contributed by atoms with Crippen molar-refractivity contribution in [1.29, 1.82) is 0 Å². The predicted octanol–water partition coefficient (Wildman–Crippen LogP) is 4.03. The van der Waals surface area contributed by atoms with E-state index in [0.29, 0.717) is 25.9 Å². The molecule has 3 nitrogen and oxygen atoms in total. The van der Waals surface area contributed by atoms with Gasteiger partial charge in [-0.1, -0.05) is 12.1 Å². The van der Waals surface area contributed by atoms with Gasteiger partial charge >= 0.3 is 0 Å². The molecule has 23 heavy (non-hydrogen) atoms. The highest BCUT2D eigenvalue weighted by atomic mass is 32.1. The van der Waals surface area contributed by atoms with Gasteiger partial charge in [-0.3, -0.25) is 4.79 Å². The van der Waals surface area contributed by atoms with Crippen molar-refractivity contribution in [2.45, 2.75) is 39.3 Å². The molecule has 124 valence electrons. The highest BCUT2D eigenvalue weighted by molar-refractivity contribution is 7.15. The molecular formula is C18H23FN2OS. The van der Waals surface area contributed by atoms with Crippen molar-refractivity contribution in [2.24, 2.45) is 5.73 Å². The van der Waals surface area contributed by atoms with Crippen molar-refractivity contribution in [1.82, 2.24) is 4.90 Å². The number of nitrogens with zero attached hydrogens (tertiary/aromatic N) is 1. The van der Waals surface area contributed by atoms with E-state index in [0.717, 1.165) is 15.3 Å². The first-order valence-electron chi connectivity index (χ1n) is 7.85. The van der Waals surface area contributed by atoms with Crippen LogP contribution in [0, 0.1) is 5.82 Å². The Balaban J connectivity index is 2.11. The first kappa shape index (κ1) is 17.6. The van der Waals surface area contributed by atoms with Gasteiger partial charge in [0.15, 0.2) is 0 Å². The van der Waals surface area contributed by atoms with Crippen molar-refractivity contribution in [3.8, 4) is 10.4 Å². The third-order valence-electron chi connectivity index (χ3n) is 3.64. The zero-order valence-electron chi connectivity index (χ0n) is 13.6. The molecular weight excluding hydrogens is 311 g/mol. The maximum Gasteiger partial charge on any atom is 0.223 e. The van der Waals surface area contributed by atoms with Gasteiger partial charge < -0.3 is 10.6 Å². The molecule has 0 unspecified atom stereocenters. The zero-order chi connectivity index (χ0) is 16.8. The topological polar surface area (TPSA) is 46.3 Å². The molecule has 1 aromatic heterocycles. The van der Waals surface area contributed by atoms with Crippen LogP contribution >= 0.6 is 11.3 Å². The van der Waals surface area contributed by atoms with E-state index in [9.17, 15) is 9.18 Å². The second-order valence-electron chi connectivity index (χ2n) is 5.78. The summed E-state index contributed by atoms with van der Waals surface area (Å²) in [5, 5.41) is 0. The summed E-state index contributed by atoms with van der Waals surface area (Å²) in [6.07, 6.45) is 1.19. The molecule has 0 spiro atoms. The molecule has 1 aromatic carbocycles. The van der Waals surface area contributed by atoms with Crippen LogP contribution in [0.25, 0.3) is 10.4 Å². The average Bonchev–Trinajstić information content (AvgIpc) is 2.98. The van der Waals surface area contributed by atoms with Gasteiger partial charge in [-0.2, -0.15) is 0 Å². The van der Waals surface area contributed by atoms with Gasteiger partial charge in [0.25, 0.3) is 0 Å². The van der Waals surface area contributed by atoms with Crippen LogP contribution in [0.4, 0.5) is 4.39 Å². The summed E-state index contributed by atoms with van der Waals surface area (Å²) in [4.78, 5) is 16.3. The summed E-state index contributed by atoms with van der Waals surface area (Å²) in [6, 6.07) is 10.7. The van der Waals surface area contributed by atoms with Crippen LogP contribution in [0.1, 0.15) is 31.6 Å². The lowest BCUT2D eigenvalue weighted by Gasteiger charge is -2.26. The number of amides is 1. The lowest BCUT2D eigenvalue weighted by Crippen LogP contribution is -2.36. The number of benzene rings is 1. The Bertz CT molecular complexity index is 654. The van der Waals surface area contributed by atoms with Crippen LogP contribution in [0.2, 0.25) is 0 Å². The van der Waals surface area contributed by atoms with E-state index in [1.54, 1.807) is 17.4 Å². The van der Waals surface area contributed by atoms with Gasteiger partial charge in [0.05, 0.1) is 6.54 Å².